The van der Waals surface area contributed by atoms with Crippen molar-refractivity contribution in [1.82, 2.24) is 14.5 Å². The number of hydrogen-bond donors (Lipinski definition) is 0. The number of ether oxygens (including phenoxy) is 1. The van der Waals surface area contributed by atoms with Gasteiger partial charge in [0.2, 0.25) is 0 Å². The molecule has 6 nitrogen and oxygen atoms in total. The Labute approximate surface area is 145 Å². The average molecular weight is 348 g/mol. The Balaban J connectivity index is 1.67. The number of carbonyl (C=O) groups excluding carboxylic acids is 2. The lowest BCUT2D eigenvalue weighted by molar-refractivity contribution is 0.0573. The Kier molecular flexibility index (Phi) is 4.85. The summed E-state index contributed by atoms with van der Waals surface area (Å²) in [7, 11) is 1.37. The van der Waals surface area contributed by atoms with E-state index < -0.39 is 0 Å². The molecule has 3 heterocycles. The van der Waals surface area contributed by atoms with Crippen molar-refractivity contribution in [2.75, 3.05) is 20.2 Å². The van der Waals surface area contributed by atoms with E-state index in [9.17, 15) is 9.59 Å². The second kappa shape index (κ2) is 7.05. The van der Waals surface area contributed by atoms with Gasteiger partial charge in [0.1, 0.15) is 11.4 Å². The van der Waals surface area contributed by atoms with E-state index in [1.807, 2.05) is 16.8 Å². The Bertz CT molecular complexity index is 751. The third-order valence-electron chi connectivity index (χ3n) is 4.26. The van der Waals surface area contributed by atoms with Crippen LogP contribution in [0, 0.1) is 0 Å². The van der Waals surface area contributed by atoms with Crippen LogP contribution in [-0.4, -0.2) is 46.5 Å². The zero-order chi connectivity index (χ0) is 17.1. The summed E-state index contributed by atoms with van der Waals surface area (Å²) in [6.45, 7) is 1.22. The molecule has 2 aromatic rings. The summed E-state index contributed by atoms with van der Waals surface area (Å²) in [5.74, 6) is -0.460. The molecule has 7 heteroatoms. The van der Waals surface area contributed by atoms with Gasteiger partial charge in [0.15, 0.2) is 0 Å². The number of halogens is 1. The van der Waals surface area contributed by atoms with Crippen LogP contribution in [0.4, 0.5) is 0 Å². The highest BCUT2D eigenvalue weighted by Gasteiger charge is 2.27. The van der Waals surface area contributed by atoms with Crippen LogP contribution in [0.25, 0.3) is 0 Å². The number of carbonyl (C=O) groups is 2. The Morgan fingerprint density at radius 1 is 1.29 bits per heavy atom. The van der Waals surface area contributed by atoms with Crippen LogP contribution < -0.4 is 0 Å². The van der Waals surface area contributed by atoms with Gasteiger partial charge >= 0.3 is 5.97 Å². The van der Waals surface area contributed by atoms with E-state index >= 15 is 0 Å². The third-order valence-corrected chi connectivity index (χ3v) is 4.49. The summed E-state index contributed by atoms with van der Waals surface area (Å²) in [6, 6.07) is 6.98. The van der Waals surface area contributed by atoms with Crippen molar-refractivity contribution in [2.45, 2.75) is 18.9 Å². The van der Waals surface area contributed by atoms with Gasteiger partial charge in [-0.05, 0) is 37.1 Å². The molecule has 2 aromatic heterocycles. The van der Waals surface area contributed by atoms with Crippen molar-refractivity contribution in [3.63, 3.8) is 0 Å². The first-order chi connectivity index (χ1) is 11.6. The number of likely N-dealkylation sites (tertiary alicyclic amines) is 1. The fraction of sp³-hybridized carbons (Fsp3) is 0.353. The normalized spacial score (nSPS) is 15.3. The summed E-state index contributed by atoms with van der Waals surface area (Å²) >= 11 is 5.92. The number of methoxy groups -OCH3 is 1. The molecule has 1 fully saturated rings. The van der Waals surface area contributed by atoms with E-state index in [0.29, 0.717) is 29.5 Å². The standard InChI is InChI=1S/C17H18ClN3O3/c1-24-17(23)15-3-2-8-21(15)13-5-9-20(10-6-13)16(22)14-11-12(18)4-7-19-14/h2-4,7-8,11,13H,5-6,9-10H2,1H3. The van der Waals surface area contributed by atoms with Gasteiger partial charge in [0, 0.05) is 36.5 Å². The zero-order valence-corrected chi connectivity index (χ0v) is 14.1. The molecule has 0 aliphatic carbocycles. The summed E-state index contributed by atoms with van der Waals surface area (Å²) in [4.78, 5) is 30.2. The van der Waals surface area contributed by atoms with Crippen molar-refractivity contribution in [1.29, 1.82) is 0 Å². The van der Waals surface area contributed by atoms with E-state index in [4.69, 9.17) is 16.3 Å². The Morgan fingerprint density at radius 2 is 2.04 bits per heavy atom. The number of esters is 1. The second-order valence-electron chi connectivity index (χ2n) is 5.67. The van der Waals surface area contributed by atoms with Crippen LogP contribution in [0.3, 0.4) is 0 Å². The molecule has 0 N–H and O–H groups in total. The van der Waals surface area contributed by atoms with E-state index in [-0.39, 0.29) is 17.9 Å². The van der Waals surface area contributed by atoms with Gasteiger partial charge in [0.25, 0.3) is 5.91 Å². The fourth-order valence-electron chi connectivity index (χ4n) is 3.02. The summed E-state index contributed by atoms with van der Waals surface area (Å²) in [5.41, 5.74) is 0.899. The van der Waals surface area contributed by atoms with Crippen molar-refractivity contribution >= 4 is 23.5 Å². The number of amides is 1. The largest absolute Gasteiger partial charge is 0.464 e. The monoisotopic (exact) mass is 347 g/mol. The van der Waals surface area contributed by atoms with Gasteiger partial charge in [-0.3, -0.25) is 9.78 Å². The van der Waals surface area contributed by atoms with Gasteiger partial charge in [0.05, 0.1) is 7.11 Å². The first kappa shape index (κ1) is 16.5. The molecule has 0 atom stereocenters. The highest BCUT2D eigenvalue weighted by molar-refractivity contribution is 6.30. The quantitative estimate of drug-likeness (QED) is 0.801. The van der Waals surface area contributed by atoms with Crippen LogP contribution in [-0.2, 0) is 4.74 Å². The van der Waals surface area contributed by atoms with E-state index in [0.717, 1.165) is 12.8 Å². The van der Waals surface area contributed by atoms with Crippen molar-refractivity contribution in [3.8, 4) is 0 Å². The first-order valence-corrected chi connectivity index (χ1v) is 8.14. The highest BCUT2D eigenvalue weighted by atomic mass is 35.5. The molecule has 3 rings (SSSR count). The number of nitrogens with zero attached hydrogens (tertiary/aromatic N) is 3. The predicted octanol–water partition coefficient (Wildman–Crippen LogP) is 2.80. The lowest BCUT2D eigenvalue weighted by Crippen LogP contribution is -2.39. The molecular weight excluding hydrogens is 330 g/mol. The molecule has 0 unspecified atom stereocenters. The number of aromatic nitrogens is 2. The number of hydrogen-bond acceptors (Lipinski definition) is 4. The highest BCUT2D eigenvalue weighted by Crippen LogP contribution is 2.26. The molecule has 0 bridgehead atoms. The van der Waals surface area contributed by atoms with Gasteiger partial charge < -0.3 is 14.2 Å². The molecule has 0 spiro atoms. The van der Waals surface area contributed by atoms with Crippen LogP contribution >= 0.6 is 11.6 Å². The third kappa shape index (κ3) is 3.28. The lowest BCUT2D eigenvalue weighted by atomic mass is 10.0. The minimum absolute atomic E-state index is 0.114. The maximum absolute atomic E-state index is 12.5. The fourth-order valence-corrected chi connectivity index (χ4v) is 3.18. The number of pyridine rings is 1. The zero-order valence-electron chi connectivity index (χ0n) is 13.3. The predicted molar refractivity (Wildman–Crippen MR) is 89.2 cm³/mol. The number of piperidine rings is 1. The summed E-state index contributed by atoms with van der Waals surface area (Å²) < 4.78 is 6.75. The molecule has 0 saturated carbocycles. The van der Waals surface area contributed by atoms with Crippen molar-refractivity contribution < 1.29 is 14.3 Å². The molecule has 24 heavy (non-hydrogen) atoms. The average Bonchev–Trinajstić information content (AvgIpc) is 3.10. The van der Waals surface area contributed by atoms with Gasteiger partial charge in [-0.1, -0.05) is 11.6 Å². The van der Waals surface area contributed by atoms with Crippen LogP contribution in [0.2, 0.25) is 5.02 Å². The van der Waals surface area contributed by atoms with Crippen LogP contribution in [0.5, 0.6) is 0 Å². The first-order valence-electron chi connectivity index (χ1n) is 7.76. The molecule has 0 radical (unpaired) electrons. The molecule has 0 aromatic carbocycles. The molecule has 1 aliphatic heterocycles. The minimum Gasteiger partial charge on any atom is -0.464 e. The maximum atomic E-state index is 12.5. The summed E-state index contributed by atoms with van der Waals surface area (Å²) in [5, 5.41) is 0.498. The molecule has 1 aliphatic rings. The smallest absolute Gasteiger partial charge is 0.354 e. The van der Waals surface area contributed by atoms with Crippen LogP contribution in [0.15, 0.2) is 36.7 Å². The second-order valence-corrected chi connectivity index (χ2v) is 6.11. The lowest BCUT2D eigenvalue weighted by Gasteiger charge is -2.33. The van der Waals surface area contributed by atoms with Crippen LogP contribution in [0.1, 0.15) is 39.9 Å². The van der Waals surface area contributed by atoms with Crippen molar-refractivity contribution in [2.24, 2.45) is 0 Å². The van der Waals surface area contributed by atoms with E-state index in [1.54, 1.807) is 23.1 Å². The summed E-state index contributed by atoms with van der Waals surface area (Å²) in [6.07, 6.45) is 4.95. The molecular formula is C17H18ClN3O3. The van der Waals surface area contributed by atoms with Gasteiger partial charge in [-0.15, -0.1) is 0 Å². The molecule has 1 amide bonds. The molecule has 126 valence electrons. The number of rotatable bonds is 3. The Hall–Kier alpha value is -2.34. The van der Waals surface area contributed by atoms with Gasteiger partial charge in [-0.25, -0.2) is 4.79 Å². The molecule has 1 saturated heterocycles. The minimum atomic E-state index is -0.346. The van der Waals surface area contributed by atoms with E-state index in [2.05, 4.69) is 4.98 Å². The van der Waals surface area contributed by atoms with Crippen molar-refractivity contribution in [3.05, 3.63) is 53.1 Å². The topological polar surface area (TPSA) is 64.4 Å². The maximum Gasteiger partial charge on any atom is 0.354 e. The SMILES string of the molecule is COC(=O)c1cccn1C1CCN(C(=O)c2cc(Cl)ccn2)CC1. The Morgan fingerprint density at radius 3 is 2.71 bits per heavy atom. The van der Waals surface area contributed by atoms with Gasteiger partial charge in [-0.2, -0.15) is 0 Å². The van der Waals surface area contributed by atoms with E-state index in [1.165, 1.54) is 13.3 Å².